The lowest BCUT2D eigenvalue weighted by atomic mass is 9.94. The molecule has 2 heterocycles. The summed E-state index contributed by atoms with van der Waals surface area (Å²) in [7, 11) is 0. The number of benzene rings is 1. The molecular weight excluding hydrogens is 280 g/mol. The Kier molecular flexibility index (Phi) is 3.04. The molecule has 0 bridgehead atoms. The van der Waals surface area contributed by atoms with E-state index in [9.17, 15) is 4.79 Å². The molecule has 0 atom stereocenters. The largest absolute Gasteiger partial charge is 0.486 e. The first kappa shape index (κ1) is 13.2. The topological polar surface area (TPSA) is 64.2 Å². The molecule has 0 saturated heterocycles. The highest BCUT2D eigenvalue weighted by Gasteiger charge is 2.27. The summed E-state index contributed by atoms with van der Waals surface area (Å²) in [4.78, 5) is 12.4. The molecular formula is C17H16N2O3. The zero-order chi connectivity index (χ0) is 15.1. The summed E-state index contributed by atoms with van der Waals surface area (Å²) >= 11 is 0. The van der Waals surface area contributed by atoms with Gasteiger partial charge in [0.1, 0.15) is 13.2 Å². The van der Waals surface area contributed by atoms with Crippen molar-refractivity contribution in [2.24, 2.45) is 0 Å². The first-order valence-electron chi connectivity index (χ1n) is 7.64. The van der Waals surface area contributed by atoms with Crippen LogP contribution in [0.15, 0.2) is 12.1 Å². The van der Waals surface area contributed by atoms with Crippen molar-refractivity contribution in [1.29, 1.82) is 5.26 Å². The summed E-state index contributed by atoms with van der Waals surface area (Å²) in [5.74, 6) is 1.64. The van der Waals surface area contributed by atoms with Gasteiger partial charge in [-0.25, -0.2) is 0 Å². The first-order valence-corrected chi connectivity index (χ1v) is 7.64. The predicted molar refractivity (Wildman–Crippen MR) is 80.4 cm³/mol. The average Bonchev–Trinajstić information content (AvgIpc) is 2.85. The molecule has 0 spiro atoms. The third kappa shape index (κ3) is 1.87. The van der Waals surface area contributed by atoms with Gasteiger partial charge in [-0.15, -0.1) is 0 Å². The molecule has 1 aliphatic heterocycles. The Balaban J connectivity index is 1.99. The van der Waals surface area contributed by atoms with E-state index in [0.717, 1.165) is 46.5 Å². The van der Waals surface area contributed by atoms with E-state index in [1.54, 1.807) is 0 Å². The molecule has 1 aromatic carbocycles. The van der Waals surface area contributed by atoms with E-state index < -0.39 is 0 Å². The number of nitrogens with zero attached hydrogens (tertiary/aromatic N) is 2. The molecule has 1 aliphatic carbocycles. The third-order valence-electron chi connectivity index (χ3n) is 4.37. The molecule has 0 amide bonds. The van der Waals surface area contributed by atoms with Gasteiger partial charge in [0.05, 0.1) is 23.7 Å². The summed E-state index contributed by atoms with van der Waals surface area (Å²) in [5.41, 5.74) is 2.85. The van der Waals surface area contributed by atoms with Gasteiger partial charge in [-0.1, -0.05) is 0 Å². The van der Waals surface area contributed by atoms with E-state index in [2.05, 4.69) is 6.07 Å². The molecule has 22 heavy (non-hydrogen) atoms. The van der Waals surface area contributed by atoms with Crippen molar-refractivity contribution in [3.8, 4) is 17.6 Å². The smallest absolute Gasteiger partial charge is 0.179 e. The van der Waals surface area contributed by atoms with Gasteiger partial charge in [0.15, 0.2) is 17.3 Å². The fourth-order valence-electron chi connectivity index (χ4n) is 3.46. The zero-order valence-corrected chi connectivity index (χ0v) is 12.2. The number of nitriles is 1. The van der Waals surface area contributed by atoms with Crippen LogP contribution in [0.25, 0.3) is 10.9 Å². The fraction of sp³-hybridized carbons (Fsp3) is 0.412. The molecule has 0 fully saturated rings. The molecule has 112 valence electrons. The highest BCUT2D eigenvalue weighted by Crippen LogP contribution is 2.40. The Morgan fingerprint density at radius 2 is 1.95 bits per heavy atom. The Morgan fingerprint density at radius 1 is 1.18 bits per heavy atom. The predicted octanol–water partition coefficient (Wildman–Crippen LogP) is 2.85. The lowest BCUT2D eigenvalue weighted by Crippen LogP contribution is -2.15. The molecule has 1 aromatic heterocycles. The average molecular weight is 296 g/mol. The second kappa shape index (κ2) is 5.06. The molecule has 0 N–H and O–H groups in total. The normalized spacial score (nSPS) is 16.4. The molecule has 0 unspecified atom stereocenters. The van der Waals surface area contributed by atoms with Gasteiger partial charge in [0.2, 0.25) is 0 Å². The number of carbonyl (C=O) groups excluding carboxylic acids is 1. The second-order valence-electron chi connectivity index (χ2n) is 5.68. The van der Waals surface area contributed by atoms with Crippen molar-refractivity contribution < 1.29 is 14.3 Å². The van der Waals surface area contributed by atoms with Crippen molar-refractivity contribution in [3.63, 3.8) is 0 Å². The van der Waals surface area contributed by atoms with Crippen LogP contribution < -0.4 is 9.47 Å². The van der Waals surface area contributed by atoms with Crippen LogP contribution in [-0.2, 0) is 13.0 Å². The summed E-state index contributed by atoms with van der Waals surface area (Å²) in [5, 5.41) is 9.97. The lowest BCUT2D eigenvalue weighted by molar-refractivity contribution is 0.0963. The second-order valence-corrected chi connectivity index (χ2v) is 5.68. The van der Waals surface area contributed by atoms with Gasteiger partial charge >= 0.3 is 0 Å². The lowest BCUT2D eigenvalue weighted by Gasteiger charge is -2.18. The summed E-state index contributed by atoms with van der Waals surface area (Å²) in [6.45, 7) is 1.62. The van der Waals surface area contributed by atoms with Crippen LogP contribution in [0, 0.1) is 11.3 Å². The van der Waals surface area contributed by atoms with Gasteiger partial charge < -0.3 is 14.0 Å². The summed E-state index contributed by atoms with van der Waals surface area (Å²) in [6, 6.07) is 6.11. The number of Topliss-reactive ketones (excluding diaryl/α,β-unsaturated/α-hetero) is 1. The number of carbonyl (C=O) groups is 1. The van der Waals surface area contributed by atoms with Gasteiger partial charge in [-0.3, -0.25) is 4.79 Å². The van der Waals surface area contributed by atoms with E-state index in [1.165, 1.54) is 0 Å². The van der Waals surface area contributed by atoms with Crippen LogP contribution in [-0.4, -0.2) is 23.6 Å². The number of aromatic nitrogens is 1. The van der Waals surface area contributed by atoms with Crippen molar-refractivity contribution in [1.82, 2.24) is 4.57 Å². The van der Waals surface area contributed by atoms with Crippen LogP contribution in [0.1, 0.15) is 35.3 Å². The standard InChI is InChI=1S/C17H16N2O3/c18-5-2-6-19-13-10-16-15(21-7-8-22-16)9-12(13)11-3-1-4-14(20)17(11)19/h9-10H,1-4,6-8H2. The van der Waals surface area contributed by atoms with Crippen LogP contribution >= 0.6 is 0 Å². The van der Waals surface area contributed by atoms with E-state index in [-0.39, 0.29) is 5.78 Å². The molecule has 0 saturated carbocycles. The van der Waals surface area contributed by atoms with E-state index in [0.29, 0.717) is 32.6 Å². The van der Waals surface area contributed by atoms with Gasteiger partial charge in [-0.05, 0) is 24.5 Å². The zero-order valence-electron chi connectivity index (χ0n) is 12.2. The van der Waals surface area contributed by atoms with Gasteiger partial charge in [0.25, 0.3) is 0 Å². The number of aryl methyl sites for hydroxylation is 2. The van der Waals surface area contributed by atoms with Crippen molar-refractivity contribution in [2.45, 2.75) is 32.2 Å². The van der Waals surface area contributed by atoms with Crippen molar-refractivity contribution in [3.05, 3.63) is 23.4 Å². The molecule has 2 aliphatic rings. The van der Waals surface area contributed by atoms with Crippen LogP contribution in [0.2, 0.25) is 0 Å². The maximum Gasteiger partial charge on any atom is 0.179 e. The Labute approximate surface area is 128 Å². The molecule has 0 radical (unpaired) electrons. The number of hydrogen-bond acceptors (Lipinski definition) is 4. The number of ketones is 1. The fourth-order valence-corrected chi connectivity index (χ4v) is 3.46. The van der Waals surface area contributed by atoms with Crippen molar-refractivity contribution in [2.75, 3.05) is 13.2 Å². The monoisotopic (exact) mass is 296 g/mol. The van der Waals surface area contributed by atoms with Gasteiger partial charge in [0, 0.05) is 24.4 Å². The Hall–Kier alpha value is -2.48. The third-order valence-corrected chi connectivity index (χ3v) is 4.37. The van der Waals surface area contributed by atoms with E-state index in [1.807, 2.05) is 16.7 Å². The maximum atomic E-state index is 12.4. The molecule has 5 heteroatoms. The molecule has 5 nitrogen and oxygen atoms in total. The number of rotatable bonds is 2. The minimum atomic E-state index is 0.176. The Morgan fingerprint density at radius 3 is 2.73 bits per heavy atom. The number of fused-ring (bicyclic) bond motifs is 4. The maximum absolute atomic E-state index is 12.4. The molecule has 4 rings (SSSR count). The van der Waals surface area contributed by atoms with Crippen LogP contribution in [0.5, 0.6) is 11.5 Å². The van der Waals surface area contributed by atoms with Crippen molar-refractivity contribution >= 4 is 16.7 Å². The number of ether oxygens (including phenoxy) is 2. The van der Waals surface area contributed by atoms with Crippen LogP contribution in [0.3, 0.4) is 0 Å². The van der Waals surface area contributed by atoms with E-state index >= 15 is 0 Å². The summed E-state index contributed by atoms with van der Waals surface area (Å²) < 4.78 is 13.3. The highest BCUT2D eigenvalue weighted by atomic mass is 16.6. The minimum absolute atomic E-state index is 0.176. The van der Waals surface area contributed by atoms with E-state index in [4.69, 9.17) is 14.7 Å². The molecule has 2 aromatic rings. The SMILES string of the molecule is N#CCCn1c2c(c3cc4c(cc31)OCCO4)CCCC2=O. The first-order chi connectivity index (χ1) is 10.8. The summed E-state index contributed by atoms with van der Waals surface area (Å²) in [6.07, 6.45) is 2.76. The number of hydrogen-bond donors (Lipinski definition) is 0. The quantitative estimate of drug-likeness (QED) is 0.854. The van der Waals surface area contributed by atoms with Crippen LogP contribution in [0.4, 0.5) is 0 Å². The Bertz CT molecular complexity index is 814. The van der Waals surface area contributed by atoms with Gasteiger partial charge in [-0.2, -0.15) is 5.26 Å². The minimum Gasteiger partial charge on any atom is -0.486 e. The highest BCUT2D eigenvalue weighted by molar-refractivity contribution is 6.04.